The van der Waals surface area contributed by atoms with Crippen molar-refractivity contribution in [1.29, 1.82) is 0 Å². The predicted molar refractivity (Wildman–Crippen MR) is 163 cm³/mol. The summed E-state index contributed by atoms with van der Waals surface area (Å²) in [5, 5.41) is 39.5. The summed E-state index contributed by atoms with van der Waals surface area (Å²) in [7, 11) is 0. The third kappa shape index (κ3) is 7.35. The molecular weight excluding hydrogens is 615 g/mol. The van der Waals surface area contributed by atoms with Crippen molar-refractivity contribution in [3.05, 3.63) is 117 Å². The second-order valence-electron chi connectivity index (χ2n) is 9.12. The van der Waals surface area contributed by atoms with Gasteiger partial charge < -0.3 is 29.9 Å². The zero-order valence-electron chi connectivity index (χ0n) is 22.5. The number of hydrogen-bond acceptors (Lipinski definition) is 6. The van der Waals surface area contributed by atoms with Crippen molar-refractivity contribution in [1.82, 2.24) is 0 Å². The number of carboxylic acid groups (broad SMARTS) is 4. The van der Waals surface area contributed by atoms with Crippen LogP contribution >= 0.6 is 23.2 Å². The smallest absolute Gasteiger partial charge is 0.337 e. The summed E-state index contributed by atoms with van der Waals surface area (Å²) < 4.78 is 10.8. The van der Waals surface area contributed by atoms with Gasteiger partial charge in [-0.15, -0.1) is 0 Å². The number of carbonyl (C=O) groups is 4. The van der Waals surface area contributed by atoms with Crippen LogP contribution in [-0.4, -0.2) is 57.5 Å². The fourth-order valence-electron chi connectivity index (χ4n) is 4.23. The second kappa shape index (κ2) is 13.8. The molecule has 0 spiro atoms. The molecule has 12 heteroatoms. The summed E-state index contributed by atoms with van der Waals surface area (Å²) in [6.07, 6.45) is 0. The Hall–Kier alpha value is -5.32. The number of carboxylic acids is 4. The van der Waals surface area contributed by atoms with Gasteiger partial charge in [0.1, 0.15) is 24.7 Å². The lowest BCUT2D eigenvalue weighted by molar-refractivity contribution is 0.0653. The van der Waals surface area contributed by atoms with Gasteiger partial charge in [0.2, 0.25) is 0 Å². The van der Waals surface area contributed by atoms with E-state index in [1.54, 1.807) is 12.1 Å². The molecule has 0 aliphatic heterocycles. The molecule has 0 radical (unpaired) electrons. The zero-order chi connectivity index (χ0) is 32.0. The number of hydrogen-bond donors (Lipinski definition) is 4. The minimum absolute atomic E-state index is 0.0638. The molecule has 0 aromatic heterocycles. The van der Waals surface area contributed by atoms with Gasteiger partial charge in [0.15, 0.2) is 0 Å². The van der Waals surface area contributed by atoms with Crippen LogP contribution in [0.5, 0.6) is 11.5 Å². The molecule has 0 fully saturated rings. The van der Waals surface area contributed by atoms with Gasteiger partial charge in [0.05, 0.1) is 32.3 Å². The van der Waals surface area contributed by atoms with Gasteiger partial charge in [-0.25, -0.2) is 19.2 Å². The highest BCUT2D eigenvalue weighted by Crippen LogP contribution is 2.29. The first-order chi connectivity index (χ1) is 21.0. The number of ether oxygens (including phenoxy) is 2. The molecule has 5 aromatic rings. The molecule has 0 saturated carbocycles. The Morgan fingerprint density at radius 3 is 1.48 bits per heavy atom. The van der Waals surface area contributed by atoms with Crippen molar-refractivity contribution in [3.63, 3.8) is 0 Å². The maximum Gasteiger partial charge on any atom is 0.337 e. The van der Waals surface area contributed by atoms with Gasteiger partial charge >= 0.3 is 23.9 Å². The maximum absolute atomic E-state index is 11.4. The molecular formula is C32H22Cl2O10. The number of rotatable bonds is 9. The van der Waals surface area contributed by atoms with Gasteiger partial charge in [-0.1, -0.05) is 53.5 Å². The van der Waals surface area contributed by atoms with Crippen molar-refractivity contribution in [2.24, 2.45) is 0 Å². The van der Waals surface area contributed by atoms with Crippen molar-refractivity contribution in [3.8, 4) is 11.5 Å². The van der Waals surface area contributed by atoms with Gasteiger partial charge in [-0.05, 0) is 76.1 Å². The lowest BCUT2D eigenvalue weighted by Gasteiger charge is -2.11. The average Bonchev–Trinajstić information content (AvgIpc) is 2.98. The fraction of sp³-hybridized carbons (Fsp3) is 0.0625. The van der Waals surface area contributed by atoms with Gasteiger partial charge in [0, 0.05) is 0 Å². The largest absolute Gasteiger partial charge is 0.488 e. The van der Waals surface area contributed by atoms with Crippen LogP contribution < -0.4 is 9.47 Å². The Balaban J connectivity index is 0.000000204. The quantitative estimate of drug-likeness (QED) is 0.0955. The van der Waals surface area contributed by atoms with E-state index in [-0.39, 0.29) is 45.5 Å². The molecule has 0 saturated heterocycles. The molecule has 0 unspecified atom stereocenters. The van der Waals surface area contributed by atoms with E-state index in [9.17, 15) is 24.3 Å². The Labute approximate surface area is 259 Å². The van der Waals surface area contributed by atoms with Crippen LogP contribution in [0.4, 0.5) is 0 Å². The van der Waals surface area contributed by atoms with E-state index in [1.165, 1.54) is 42.5 Å². The summed E-state index contributed by atoms with van der Waals surface area (Å²) in [5.41, 5.74) is -0.233. The van der Waals surface area contributed by atoms with Gasteiger partial charge in [0.25, 0.3) is 0 Å². The topological polar surface area (TPSA) is 168 Å². The number of aromatic carboxylic acids is 4. The van der Waals surface area contributed by atoms with E-state index in [0.29, 0.717) is 22.3 Å². The Bertz CT molecular complexity index is 1850. The molecule has 0 bridgehead atoms. The number of fused-ring (bicyclic) bond motifs is 2. The Kier molecular flexibility index (Phi) is 9.89. The molecule has 224 valence electrons. The van der Waals surface area contributed by atoms with Crippen molar-refractivity contribution >= 4 is 68.6 Å². The molecule has 0 aliphatic carbocycles. The van der Waals surface area contributed by atoms with Crippen LogP contribution in [0.3, 0.4) is 0 Å². The van der Waals surface area contributed by atoms with E-state index in [1.807, 2.05) is 30.3 Å². The second-order valence-corrected chi connectivity index (χ2v) is 9.93. The highest BCUT2D eigenvalue weighted by atomic mass is 35.5. The standard InChI is InChI=1S/C16H12Cl2O6.C16H10O4/c17-11-7-9(15(19)20)1-3-13(11)23-5-6-24-14-4-2-10(16(21)22)8-12(14)18;17-15(18)12-6-5-11-7-9-3-1-2-4-10(9)8-13(11)14(12)16(19)20/h1-4,7-8H,5-6H2,(H,19,20)(H,21,22);1-8H,(H,17,18)(H,19,20). The molecule has 4 N–H and O–H groups in total. The molecule has 0 amide bonds. The summed E-state index contributed by atoms with van der Waals surface area (Å²) in [5.74, 6) is -3.96. The molecule has 10 nitrogen and oxygen atoms in total. The van der Waals surface area contributed by atoms with Crippen LogP contribution in [0, 0.1) is 0 Å². The zero-order valence-corrected chi connectivity index (χ0v) is 24.0. The van der Waals surface area contributed by atoms with E-state index in [0.717, 1.165) is 10.8 Å². The van der Waals surface area contributed by atoms with Crippen molar-refractivity contribution in [2.45, 2.75) is 0 Å². The summed E-state index contributed by atoms with van der Waals surface area (Å²) >= 11 is 11.9. The SMILES string of the molecule is O=C(O)c1ccc(OCCOc2ccc(C(=O)O)cc2Cl)c(Cl)c1.O=C(O)c1ccc2cc3ccccc3cc2c1C(=O)O. The van der Waals surface area contributed by atoms with Gasteiger partial charge in [-0.2, -0.15) is 0 Å². The van der Waals surface area contributed by atoms with E-state index in [2.05, 4.69) is 0 Å². The first kappa shape index (κ1) is 31.6. The van der Waals surface area contributed by atoms with Crippen LogP contribution in [0.15, 0.2) is 84.9 Å². The molecule has 5 rings (SSSR count). The monoisotopic (exact) mass is 636 g/mol. The Morgan fingerprint density at radius 1 is 0.545 bits per heavy atom. The highest BCUT2D eigenvalue weighted by Gasteiger charge is 2.19. The summed E-state index contributed by atoms with van der Waals surface area (Å²) in [4.78, 5) is 44.2. The minimum Gasteiger partial charge on any atom is -0.488 e. The third-order valence-corrected chi connectivity index (χ3v) is 6.88. The first-order valence-corrected chi connectivity index (χ1v) is 13.4. The fourth-order valence-corrected chi connectivity index (χ4v) is 4.70. The van der Waals surface area contributed by atoms with E-state index < -0.39 is 23.9 Å². The van der Waals surface area contributed by atoms with Crippen LogP contribution in [-0.2, 0) is 0 Å². The average molecular weight is 637 g/mol. The Morgan fingerprint density at radius 2 is 1.05 bits per heavy atom. The molecule has 44 heavy (non-hydrogen) atoms. The summed E-state index contributed by atoms with van der Waals surface area (Å²) in [6, 6.07) is 22.4. The lowest BCUT2D eigenvalue weighted by atomic mass is 9.96. The lowest BCUT2D eigenvalue weighted by Crippen LogP contribution is -2.10. The van der Waals surface area contributed by atoms with Crippen LogP contribution in [0.1, 0.15) is 41.4 Å². The van der Waals surface area contributed by atoms with Crippen LogP contribution in [0.25, 0.3) is 21.5 Å². The number of halogens is 2. The number of benzene rings is 5. The highest BCUT2D eigenvalue weighted by molar-refractivity contribution is 6.32. The first-order valence-electron chi connectivity index (χ1n) is 12.7. The molecule has 0 atom stereocenters. The normalized spacial score (nSPS) is 10.5. The molecule has 5 aromatic carbocycles. The minimum atomic E-state index is -1.24. The van der Waals surface area contributed by atoms with Crippen LogP contribution in [0.2, 0.25) is 10.0 Å². The van der Waals surface area contributed by atoms with Gasteiger partial charge in [-0.3, -0.25) is 0 Å². The van der Waals surface area contributed by atoms with Crippen molar-refractivity contribution in [2.75, 3.05) is 13.2 Å². The van der Waals surface area contributed by atoms with E-state index >= 15 is 0 Å². The molecule has 0 heterocycles. The third-order valence-electron chi connectivity index (χ3n) is 6.29. The van der Waals surface area contributed by atoms with E-state index in [4.69, 9.17) is 48.0 Å². The maximum atomic E-state index is 11.4. The predicted octanol–water partition coefficient (Wildman–Crippen LogP) is 7.24. The molecule has 0 aliphatic rings. The summed E-state index contributed by atoms with van der Waals surface area (Å²) in [6.45, 7) is 0.284. The van der Waals surface area contributed by atoms with Crippen molar-refractivity contribution < 1.29 is 49.1 Å².